The van der Waals surface area contributed by atoms with Crippen molar-refractivity contribution in [2.24, 2.45) is 0 Å². The van der Waals surface area contributed by atoms with Crippen LogP contribution in [0.15, 0.2) is 36.4 Å². The van der Waals surface area contributed by atoms with E-state index in [-0.39, 0.29) is 16.9 Å². The lowest BCUT2D eigenvalue weighted by Gasteiger charge is -2.43. The molecule has 1 aliphatic heterocycles. The summed E-state index contributed by atoms with van der Waals surface area (Å²) < 4.78 is 29.9. The van der Waals surface area contributed by atoms with Crippen LogP contribution in [-0.4, -0.2) is 4.68 Å². The first kappa shape index (κ1) is 19.1. The minimum atomic E-state index is -2.19. The van der Waals surface area contributed by atoms with Gasteiger partial charge >= 0.3 is 0 Å². The summed E-state index contributed by atoms with van der Waals surface area (Å²) in [6.45, 7) is 20.3. The molecule has 32 heavy (non-hydrogen) atoms. The fraction of sp³-hybridized carbons (Fsp3) is 0.500. The fourth-order valence-electron chi connectivity index (χ4n) is 5.76. The number of aryl methyl sites for hydroxylation is 2. The van der Waals surface area contributed by atoms with Crippen molar-refractivity contribution in [1.29, 1.82) is 0 Å². The monoisotopic (exact) mass is 432 g/mol. The Bertz CT molecular complexity index is 1300. The Hall–Kier alpha value is -2.35. The minimum absolute atomic E-state index is 0.166. The molecule has 0 unspecified atom stereocenters. The summed E-state index contributed by atoms with van der Waals surface area (Å²) >= 11 is 0. The van der Waals surface area contributed by atoms with E-state index < -0.39 is 6.85 Å². The van der Waals surface area contributed by atoms with Crippen molar-refractivity contribution in [3.63, 3.8) is 0 Å². The number of benzene rings is 2. The predicted molar refractivity (Wildman–Crippen MR) is 136 cm³/mol. The molecule has 0 fully saturated rings. The Kier molecular flexibility index (Phi) is 4.39. The average Bonchev–Trinajstić information content (AvgIpc) is 3.04. The van der Waals surface area contributed by atoms with Gasteiger partial charge in [0.2, 0.25) is 11.4 Å². The average molecular weight is 433 g/mol. The van der Waals surface area contributed by atoms with Gasteiger partial charge < -0.3 is 0 Å². The van der Waals surface area contributed by atoms with Crippen molar-refractivity contribution >= 4 is 0 Å². The molecule has 170 valence electrons. The molecule has 4 rings (SSSR count). The van der Waals surface area contributed by atoms with Crippen LogP contribution in [0.5, 0.6) is 0 Å². The molecule has 2 heterocycles. The second-order valence-electron chi connectivity index (χ2n) is 11.2. The van der Waals surface area contributed by atoms with Crippen molar-refractivity contribution in [2.45, 2.75) is 98.9 Å². The lowest BCUT2D eigenvalue weighted by molar-refractivity contribution is -0.702. The Morgan fingerprint density at radius 2 is 1.47 bits per heavy atom. The molecule has 2 nitrogen and oxygen atoms in total. The smallest absolute Gasteiger partial charge is 0.149 e. The van der Waals surface area contributed by atoms with E-state index in [9.17, 15) is 0 Å². The molecule has 0 amide bonds. The van der Waals surface area contributed by atoms with Crippen molar-refractivity contribution in [2.75, 3.05) is 0 Å². The minimum Gasteiger partial charge on any atom is -0.149 e. The van der Waals surface area contributed by atoms with Crippen LogP contribution in [0.25, 0.3) is 16.8 Å². The molecule has 3 aromatic rings. The molecule has 2 aromatic carbocycles. The van der Waals surface area contributed by atoms with E-state index in [1.807, 2.05) is 19.1 Å². The first-order valence-corrected chi connectivity index (χ1v) is 12.0. The van der Waals surface area contributed by atoms with Gasteiger partial charge in [0.15, 0.2) is 0 Å². The molecule has 0 bridgehead atoms. The van der Waals surface area contributed by atoms with E-state index in [1.165, 1.54) is 22.5 Å². The number of hydrogen-bond donors (Lipinski definition) is 0. The summed E-state index contributed by atoms with van der Waals surface area (Å²) in [7, 11) is 0. The molecule has 0 radical (unpaired) electrons. The largest absolute Gasteiger partial charge is 0.243 e. The number of aromatic nitrogens is 2. The van der Waals surface area contributed by atoms with Gasteiger partial charge in [0.25, 0.3) is 0 Å². The Morgan fingerprint density at radius 1 is 0.844 bits per heavy atom. The highest BCUT2D eigenvalue weighted by Crippen LogP contribution is 2.52. The first-order chi connectivity index (χ1) is 16.0. The van der Waals surface area contributed by atoms with E-state index in [4.69, 9.17) is 4.11 Å². The van der Waals surface area contributed by atoms with Gasteiger partial charge in [0.1, 0.15) is 0 Å². The van der Waals surface area contributed by atoms with Gasteiger partial charge in [-0.1, -0.05) is 68.8 Å². The SMILES string of the molecule is [2H]C([2H])([2H])c1cccc(C)c1-c1c(C)n(C(C)C)[n+]2c1C(C)(C)C(C)(C)c1cccc(C(C)C)c1-2. The lowest BCUT2D eigenvalue weighted by atomic mass is 9.59. The number of para-hydroxylation sites is 1. The molecule has 0 saturated heterocycles. The highest BCUT2D eigenvalue weighted by atomic mass is 15.4. The Labute approximate surface area is 199 Å². The van der Waals surface area contributed by atoms with Crippen LogP contribution in [0.3, 0.4) is 0 Å². The summed E-state index contributed by atoms with van der Waals surface area (Å²) in [6.07, 6.45) is 0. The lowest BCUT2D eigenvalue weighted by Crippen LogP contribution is -2.59. The highest BCUT2D eigenvalue weighted by molar-refractivity contribution is 5.76. The normalized spacial score (nSPS) is 18.2. The number of rotatable bonds is 3. The summed E-state index contributed by atoms with van der Waals surface area (Å²) in [5.41, 5.74) is 9.19. The molecular weight excluding hydrogens is 388 g/mol. The third-order valence-corrected chi connectivity index (χ3v) is 8.11. The molecule has 1 aliphatic rings. The van der Waals surface area contributed by atoms with E-state index in [1.54, 1.807) is 6.07 Å². The molecule has 0 spiro atoms. The molecule has 2 heteroatoms. The van der Waals surface area contributed by atoms with Crippen LogP contribution < -0.4 is 4.68 Å². The summed E-state index contributed by atoms with van der Waals surface area (Å²) in [5.74, 6) is 0.359. The summed E-state index contributed by atoms with van der Waals surface area (Å²) in [5, 5.41) is 0. The molecule has 0 aliphatic carbocycles. The second-order valence-corrected chi connectivity index (χ2v) is 11.2. The van der Waals surface area contributed by atoms with E-state index in [0.717, 1.165) is 22.4 Å². The first-order valence-electron chi connectivity index (χ1n) is 13.5. The fourth-order valence-corrected chi connectivity index (χ4v) is 5.76. The Morgan fingerprint density at radius 3 is 2.06 bits per heavy atom. The van der Waals surface area contributed by atoms with Gasteiger partial charge in [-0.15, -0.1) is 4.68 Å². The third-order valence-electron chi connectivity index (χ3n) is 8.11. The van der Waals surface area contributed by atoms with Crippen LogP contribution >= 0.6 is 0 Å². The zero-order valence-corrected chi connectivity index (χ0v) is 21.5. The van der Waals surface area contributed by atoms with E-state index in [2.05, 4.69) is 89.9 Å². The number of hydrogen-bond acceptors (Lipinski definition) is 0. The van der Waals surface area contributed by atoms with Crippen molar-refractivity contribution in [3.05, 3.63) is 70.0 Å². The molecule has 0 atom stereocenters. The van der Waals surface area contributed by atoms with Crippen LogP contribution in [-0.2, 0) is 10.8 Å². The standard InChI is InChI=1S/C30H41N2/c1-18(2)23-16-13-17-24-27(23)32-28(30(10,11)29(24,8)9)26(22(7)31(32)19(3)4)25-20(5)14-12-15-21(25)6/h12-19H,1-11H3/q+1/i5D3. The molecule has 1 aromatic heterocycles. The van der Waals surface area contributed by atoms with Crippen LogP contribution in [0, 0.1) is 20.7 Å². The van der Waals surface area contributed by atoms with Gasteiger partial charge in [-0.25, -0.2) is 0 Å². The van der Waals surface area contributed by atoms with Crippen molar-refractivity contribution in [3.8, 4) is 16.8 Å². The molecule has 0 N–H and O–H groups in total. The maximum absolute atomic E-state index is 8.37. The maximum Gasteiger partial charge on any atom is 0.243 e. The number of fused-ring (bicyclic) bond motifs is 3. The highest BCUT2D eigenvalue weighted by Gasteiger charge is 2.57. The quantitative estimate of drug-likeness (QED) is 0.376. The van der Waals surface area contributed by atoms with Gasteiger partial charge in [0, 0.05) is 20.7 Å². The van der Waals surface area contributed by atoms with Crippen molar-refractivity contribution < 1.29 is 8.79 Å². The zero-order chi connectivity index (χ0) is 26.2. The topological polar surface area (TPSA) is 8.81 Å². The summed E-state index contributed by atoms with van der Waals surface area (Å²) in [6, 6.07) is 12.6. The van der Waals surface area contributed by atoms with Gasteiger partial charge in [-0.2, -0.15) is 0 Å². The summed E-state index contributed by atoms with van der Waals surface area (Å²) in [4.78, 5) is 0. The molecule has 0 saturated carbocycles. The van der Waals surface area contributed by atoms with Crippen LogP contribution in [0.4, 0.5) is 0 Å². The van der Waals surface area contributed by atoms with Crippen molar-refractivity contribution in [1.82, 2.24) is 4.68 Å². The second kappa shape index (κ2) is 7.33. The van der Waals surface area contributed by atoms with E-state index >= 15 is 0 Å². The van der Waals surface area contributed by atoms with E-state index in [0.29, 0.717) is 11.5 Å². The predicted octanol–water partition coefficient (Wildman–Crippen LogP) is 7.63. The third kappa shape index (κ3) is 2.87. The Balaban J connectivity index is 2.31. The van der Waals surface area contributed by atoms with Crippen LogP contribution in [0.2, 0.25) is 0 Å². The van der Waals surface area contributed by atoms with Gasteiger partial charge in [-0.05, 0) is 71.0 Å². The van der Waals surface area contributed by atoms with Crippen LogP contribution in [0.1, 0.15) is 105 Å². The maximum atomic E-state index is 8.37. The zero-order valence-electron chi connectivity index (χ0n) is 24.5. The molecular formula is C30H41N2+. The van der Waals surface area contributed by atoms with Gasteiger partial charge in [0.05, 0.1) is 22.7 Å². The van der Waals surface area contributed by atoms with Gasteiger partial charge in [-0.3, -0.25) is 0 Å². The number of nitrogens with zero attached hydrogens (tertiary/aromatic N) is 2.